The first-order valence-corrected chi connectivity index (χ1v) is 18.1. The van der Waals surface area contributed by atoms with E-state index in [-0.39, 0.29) is 6.42 Å². The molecule has 8 heteroatoms. The number of nitrogens with one attached hydrogen (secondary N) is 1. The van der Waals surface area contributed by atoms with Crippen molar-refractivity contribution in [2.75, 3.05) is 5.75 Å². The Hall–Kier alpha value is -1.74. The largest absolute Gasteiger partial charge is 0.387 e. The van der Waals surface area contributed by atoms with Gasteiger partial charge in [-0.2, -0.15) is 8.42 Å². The van der Waals surface area contributed by atoms with E-state index in [1.54, 1.807) is 6.08 Å². The summed E-state index contributed by atoms with van der Waals surface area (Å²) in [4.78, 5) is 12.5. The average Bonchev–Trinajstić information content (AvgIpc) is 2.94. The molecule has 1 amide bonds. The highest BCUT2D eigenvalue weighted by molar-refractivity contribution is 7.85. The van der Waals surface area contributed by atoms with E-state index in [9.17, 15) is 28.0 Å². The van der Waals surface area contributed by atoms with Crippen LogP contribution in [0.2, 0.25) is 0 Å². The smallest absolute Gasteiger partial charge is 0.267 e. The molecule has 0 aromatic rings. The van der Waals surface area contributed by atoms with Crippen LogP contribution in [0.1, 0.15) is 136 Å². The van der Waals surface area contributed by atoms with Gasteiger partial charge in [0.2, 0.25) is 5.91 Å². The molecular weight excluding hydrogens is 550 g/mol. The van der Waals surface area contributed by atoms with Crippen LogP contribution < -0.4 is 5.32 Å². The number of amides is 1. The van der Waals surface area contributed by atoms with Crippen LogP contribution in [0.5, 0.6) is 0 Å². The van der Waals surface area contributed by atoms with E-state index in [1.165, 1.54) is 51.0 Å². The molecule has 0 heterocycles. The van der Waals surface area contributed by atoms with Crippen LogP contribution in [0.4, 0.5) is 0 Å². The molecule has 0 bridgehead atoms. The van der Waals surface area contributed by atoms with E-state index in [2.05, 4.69) is 55.6 Å². The van der Waals surface area contributed by atoms with Gasteiger partial charge in [-0.3, -0.25) is 9.35 Å². The number of hydrogen-bond acceptors (Lipinski definition) is 5. The first-order valence-electron chi connectivity index (χ1n) is 16.4. The molecule has 42 heavy (non-hydrogen) atoms. The van der Waals surface area contributed by atoms with Crippen LogP contribution in [-0.2, 0) is 14.9 Å². The van der Waals surface area contributed by atoms with Gasteiger partial charge in [0.15, 0.2) is 0 Å². The molecule has 0 fully saturated rings. The summed E-state index contributed by atoms with van der Waals surface area (Å²) in [6.45, 7) is 4.38. The molecule has 0 aliphatic rings. The van der Waals surface area contributed by atoms with E-state index in [0.717, 1.165) is 57.8 Å². The fourth-order valence-electron chi connectivity index (χ4n) is 4.49. The highest BCUT2D eigenvalue weighted by Gasteiger charge is 2.27. The maximum atomic E-state index is 12.5. The first kappa shape index (κ1) is 40.3. The highest BCUT2D eigenvalue weighted by Crippen LogP contribution is 2.12. The fourth-order valence-corrected chi connectivity index (χ4v) is 5.22. The summed E-state index contributed by atoms with van der Waals surface area (Å²) in [6.07, 6.45) is 33.1. The average molecular weight is 612 g/mol. The molecule has 3 unspecified atom stereocenters. The number of aliphatic hydroxyl groups is 2. The molecule has 0 rings (SSSR count). The zero-order chi connectivity index (χ0) is 31.3. The van der Waals surface area contributed by atoms with Gasteiger partial charge in [0.1, 0.15) is 6.10 Å². The number of rotatable bonds is 28. The number of carbonyl (C=O) groups excluding carboxylic acids is 1. The molecule has 0 saturated heterocycles. The molecule has 0 aromatic carbocycles. The third kappa shape index (κ3) is 27.1. The van der Waals surface area contributed by atoms with Gasteiger partial charge in [-0.25, -0.2) is 0 Å². The number of carbonyl (C=O) groups is 1. The molecule has 4 N–H and O–H groups in total. The van der Waals surface area contributed by atoms with Crippen LogP contribution in [-0.4, -0.2) is 53.1 Å². The quantitative estimate of drug-likeness (QED) is 0.0407. The minimum absolute atomic E-state index is 0.262. The zero-order valence-electron chi connectivity index (χ0n) is 26.5. The van der Waals surface area contributed by atoms with Crippen molar-refractivity contribution in [2.24, 2.45) is 0 Å². The zero-order valence-corrected chi connectivity index (χ0v) is 27.3. The lowest BCUT2D eigenvalue weighted by molar-refractivity contribution is -0.130. The fraction of sp³-hybridized carbons (Fsp3) is 0.735. The van der Waals surface area contributed by atoms with Crippen LogP contribution in [0.3, 0.4) is 0 Å². The Bertz CT molecular complexity index is 865. The van der Waals surface area contributed by atoms with Crippen molar-refractivity contribution in [3.8, 4) is 0 Å². The lowest BCUT2D eigenvalue weighted by Crippen LogP contribution is -2.50. The summed E-state index contributed by atoms with van der Waals surface area (Å²) in [6, 6.07) is -1.26. The summed E-state index contributed by atoms with van der Waals surface area (Å²) >= 11 is 0. The van der Waals surface area contributed by atoms with Crippen molar-refractivity contribution in [2.45, 2.75) is 154 Å². The Kier molecular flexibility index (Phi) is 26.9. The normalized spacial score (nSPS) is 14.9. The molecule has 0 saturated carbocycles. The number of aliphatic hydroxyl groups excluding tert-OH is 2. The number of allylic oxidation sites excluding steroid dienone is 7. The van der Waals surface area contributed by atoms with E-state index < -0.39 is 40.0 Å². The monoisotopic (exact) mass is 611 g/mol. The van der Waals surface area contributed by atoms with E-state index >= 15 is 0 Å². The topological polar surface area (TPSA) is 124 Å². The maximum Gasteiger partial charge on any atom is 0.267 e. The second kappa shape index (κ2) is 28.1. The number of hydrogen-bond donors (Lipinski definition) is 4. The third-order valence-corrected chi connectivity index (χ3v) is 7.82. The predicted molar refractivity (Wildman–Crippen MR) is 176 cm³/mol. The summed E-state index contributed by atoms with van der Waals surface area (Å²) in [7, 11) is -4.45. The minimum Gasteiger partial charge on any atom is -0.387 e. The van der Waals surface area contributed by atoms with Gasteiger partial charge < -0.3 is 15.5 Å². The van der Waals surface area contributed by atoms with Crippen molar-refractivity contribution >= 4 is 16.0 Å². The van der Waals surface area contributed by atoms with Crippen LogP contribution in [0, 0.1) is 0 Å². The van der Waals surface area contributed by atoms with Crippen LogP contribution in [0.25, 0.3) is 0 Å². The predicted octanol–water partition coefficient (Wildman–Crippen LogP) is 7.76. The molecule has 0 aliphatic heterocycles. The van der Waals surface area contributed by atoms with Gasteiger partial charge in [0, 0.05) is 0 Å². The van der Waals surface area contributed by atoms with Crippen molar-refractivity contribution in [1.29, 1.82) is 0 Å². The molecule has 0 radical (unpaired) electrons. The Morgan fingerprint density at radius 2 is 1.12 bits per heavy atom. The Morgan fingerprint density at radius 3 is 1.67 bits per heavy atom. The van der Waals surface area contributed by atoms with Gasteiger partial charge >= 0.3 is 0 Å². The van der Waals surface area contributed by atoms with Crippen LogP contribution >= 0.6 is 0 Å². The Labute approximate surface area is 257 Å². The lowest BCUT2D eigenvalue weighted by atomic mass is 10.0. The third-order valence-electron chi connectivity index (χ3n) is 7.04. The Balaban J connectivity index is 4.26. The van der Waals surface area contributed by atoms with Crippen molar-refractivity contribution in [3.63, 3.8) is 0 Å². The molecule has 0 spiro atoms. The second-order valence-corrected chi connectivity index (χ2v) is 12.7. The second-order valence-electron chi connectivity index (χ2n) is 11.2. The van der Waals surface area contributed by atoms with E-state index in [1.807, 2.05) is 0 Å². The van der Waals surface area contributed by atoms with Crippen LogP contribution in [0.15, 0.2) is 48.6 Å². The SMILES string of the molecule is CCC/C=C/CC/C=C/CC/C=C/C(O)C(CS(=O)(=O)O)NC(=O)C(O)CCCCCCCC/C=C\CCCCCC. The molecule has 0 aromatic heterocycles. The van der Waals surface area contributed by atoms with E-state index in [4.69, 9.17) is 0 Å². The van der Waals surface area contributed by atoms with Crippen molar-refractivity contribution in [3.05, 3.63) is 48.6 Å². The highest BCUT2D eigenvalue weighted by atomic mass is 32.2. The maximum absolute atomic E-state index is 12.5. The van der Waals surface area contributed by atoms with Crippen molar-refractivity contribution in [1.82, 2.24) is 5.32 Å². The van der Waals surface area contributed by atoms with Gasteiger partial charge in [-0.15, -0.1) is 0 Å². The molecule has 244 valence electrons. The van der Waals surface area contributed by atoms with Gasteiger partial charge in [-0.05, 0) is 64.2 Å². The summed E-state index contributed by atoms with van der Waals surface area (Å²) < 4.78 is 32.2. The minimum atomic E-state index is -4.45. The molecule has 0 aliphatic carbocycles. The number of unbranched alkanes of at least 4 members (excludes halogenated alkanes) is 13. The summed E-state index contributed by atoms with van der Waals surface area (Å²) in [5.74, 6) is -1.58. The Morgan fingerprint density at radius 1 is 0.643 bits per heavy atom. The molecule has 3 atom stereocenters. The summed E-state index contributed by atoms with van der Waals surface area (Å²) in [5.41, 5.74) is 0. The van der Waals surface area contributed by atoms with E-state index in [0.29, 0.717) is 12.8 Å². The summed E-state index contributed by atoms with van der Waals surface area (Å²) in [5, 5.41) is 23.1. The lowest BCUT2D eigenvalue weighted by Gasteiger charge is -2.22. The van der Waals surface area contributed by atoms with Crippen molar-refractivity contribution < 1.29 is 28.0 Å². The first-order chi connectivity index (χ1) is 20.2. The molecule has 7 nitrogen and oxygen atoms in total. The van der Waals surface area contributed by atoms with Gasteiger partial charge in [0.25, 0.3) is 10.1 Å². The molecular formula is C34H61NO6S. The van der Waals surface area contributed by atoms with Gasteiger partial charge in [-0.1, -0.05) is 120 Å². The standard InChI is InChI=1S/C34H61NO6S/c1-3-5-7-9-11-13-15-16-17-19-21-23-25-27-29-33(37)34(38)35-31(30-42(39,40)41)32(36)28-26-24-22-20-18-14-12-10-8-6-4-2/h8,10,13,15,18,20,26,28,31-33,36-37H,3-7,9,11-12,14,16-17,19,21-25,27,29-30H2,1-2H3,(H,35,38)(H,39,40,41)/b10-8+,15-13-,20-18+,28-26+. The van der Waals surface area contributed by atoms with Gasteiger partial charge in [0.05, 0.1) is 17.9 Å².